The van der Waals surface area contributed by atoms with Gasteiger partial charge in [-0.25, -0.2) is 0 Å². The van der Waals surface area contributed by atoms with Crippen LogP contribution in [0.15, 0.2) is 36.5 Å². The zero-order chi connectivity index (χ0) is 13.9. The maximum atomic E-state index is 4.55. The quantitative estimate of drug-likeness (QED) is 0.800. The number of aromatic nitrogens is 3. The standard InChI is InChI=1S/C15H16N4S/c1-3-16-14(15-10(2)18-19-20-15)12-8-11-6-4-5-7-13(11)17-9-12/h4-9,14,16H,3H2,1-2H3. The van der Waals surface area contributed by atoms with Crippen molar-refractivity contribution in [2.24, 2.45) is 0 Å². The first-order valence-electron chi connectivity index (χ1n) is 6.66. The predicted octanol–water partition coefficient (Wildman–Crippen LogP) is 3.09. The van der Waals surface area contributed by atoms with E-state index in [-0.39, 0.29) is 6.04 Å². The second kappa shape index (κ2) is 5.64. The Morgan fingerprint density at radius 3 is 2.90 bits per heavy atom. The number of nitrogens with one attached hydrogen (secondary N) is 1. The second-order valence-electron chi connectivity index (χ2n) is 4.67. The summed E-state index contributed by atoms with van der Waals surface area (Å²) in [6.07, 6.45) is 1.94. The van der Waals surface area contributed by atoms with Gasteiger partial charge in [0.05, 0.1) is 22.1 Å². The third-order valence-electron chi connectivity index (χ3n) is 3.30. The first-order valence-corrected chi connectivity index (χ1v) is 7.44. The summed E-state index contributed by atoms with van der Waals surface area (Å²) in [5, 5.41) is 8.77. The molecule has 1 unspecified atom stereocenters. The molecule has 0 spiro atoms. The maximum absolute atomic E-state index is 4.55. The number of nitrogens with zero attached hydrogens (tertiary/aromatic N) is 3. The van der Waals surface area contributed by atoms with Gasteiger partial charge in [0.2, 0.25) is 0 Å². The van der Waals surface area contributed by atoms with E-state index in [1.807, 2.05) is 31.3 Å². The molecule has 0 amide bonds. The third-order valence-corrected chi connectivity index (χ3v) is 4.19. The molecule has 0 aliphatic rings. The highest BCUT2D eigenvalue weighted by Crippen LogP contribution is 2.27. The molecule has 2 heterocycles. The summed E-state index contributed by atoms with van der Waals surface area (Å²) in [6, 6.07) is 10.5. The molecule has 20 heavy (non-hydrogen) atoms. The van der Waals surface area contributed by atoms with Crippen molar-refractivity contribution in [2.45, 2.75) is 19.9 Å². The van der Waals surface area contributed by atoms with Crippen molar-refractivity contribution in [3.8, 4) is 0 Å². The summed E-state index contributed by atoms with van der Waals surface area (Å²) < 4.78 is 4.04. The van der Waals surface area contributed by atoms with Crippen molar-refractivity contribution in [3.63, 3.8) is 0 Å². The number of hydrogen-bond donors (Lipinski definition) is 1. The Hall–Kier alpha value is -1.85. The molecule has 102 valence electrons. The molecule has 1 aromatic carbocycles. The summed E-state index contributed by atoms with van der Waals surface area (Å²) in [5.41, 5.74) is 3.15. The van der Waals surface area contributed by atoms with E-state index in [0.29, 0.717) is 0 Å². The Bertz CT molecular complexity index is 722. The fraction of sp³-hybridized carbons (Fsp3) is 0.267. The lowest BCUT2D eigenvalue weighted by Gasteiger charge is -2.17. The van der Waals surface area contributed by atoms with Crippen LogP contribution in [0.2, 0.25) is 0 Å². The van der Waals surface area contributed by atoms with E-state index in [9.17, 15) is 0 Å². The molecule has 3 rings (SSSR count). The van der Waals surface area contributed by atoms with Crippen molar-refractivity contribution in [1.82, 2.24) is 19.9 Å². The van der Waals surface area contributed by atoms with Gasteiger partial charge in [-0.05, 0) is 42.7 Å². The molecule has 1 N–H and O–H groups in total. The highest BCUT2D eigenvalue weighted by atomic mass is 32.1. The fourth-order valence-corrected chi connectivity index (χ4v) is 3.06. The topological polar surface area (TPSA) is 50.7 Å². The lowest BCUT2D eigenvalue weighted by Crippen LogP contribution is -2.22. The molecule has 4 nitrogen and oxygen atoms in total. The van der Waals surface area contributed by atoms with Crippen LogP contribution in [0.1, 0.15) is 29.1 Å². The van der Waals surface area contributed by atoms with Gasteiger partial charge in [-0.3, -0.25) is 4.98 Å². The van der Waals surface area contributed by atoms with Gasteiger partial charge in [0.25, 0.3) is 0 Å². The average Bonchev–Trinajstić information content (AvgIpc) is 2.90. The summed E-state index contributed by atoms with van der Waals surface area (Å²) in [7, 11) is 0. The molecule has 0 fully saturated rings. The normalized spacial score (nSPS) is 12.7. The Morgan fingerprint density at radius 1 is 1.30 bits per heavy atom. The van der Waals surface area contributed by atoms with E-state index >= 15 is 0 Å². The highest BCUT2D eigenvalue weighted by molar-refractivity contribution is 7.05. The zero-order valence-corrected chi connectivity index (χ0v) is 12.3. The number of hydrogen-bond acceptors (Lipinski definition) is 5. The summed E-state index contributed by atoms with van der Waals surface area (Å²) in [4.78, 5) is 5.70. The molecule has 0 bridgehead atoms. The molecule has 0 saturated heterocycles. The molecule has 5 heteroatoms. The number of para-hydroxylation sites is 1. The van der Waals surface area contributed by atoms with E-state index in [1.54, 1.807) is 0 Å². The molecule has 2 aromatic heterocycles. The SMILES string of the molecule is CCNC(c1cnc2ccccc2c1)c1snnc1C. The maximum Gasteiger partial charge on any atom is 0.0776 e. The second-order valence-corrected chi connectivity index (χ2v) is 5.46. The van der Waals surface area contributed by atoms with Crippen molar-refractivity contribution >= 4 is 22.4 Å². The molecule has 3 aromatic rings. The Kier molecular flexibility index (Phi) is 3.71. The predicted molar refractivity (Wildman–Crippen MR) is 81.9 cm³/mol. The molecule has 0 aliphatic carbocycles. The third kappa shape index (κ3) is 2.42. The van der Waals surface area contributed by atoms with E-state index in [2.05, 4.69) is 38.9 Å². The molecule has 0 radical (unpaired) electrons. The minimum atomic E-state index is 0.108. The van der Waals surface area contributed by atoms with Gasteiger partial charge in [-0.1, -0.05) is 29.6 Å². The van der Waals surface area contributed by atoms with Crippen LogP contribution in [-0.2, 0) is 0 Å². The van der Waals surface area contributed by atoms with Crippen LogP contribution in [-0.4, -0.2) is 21.1 Å². The average molecular weight is 284 g/mol. The van der Waals surface area contributed by atoms with Gasteiger partial charge in [0, 0.05) is 11.6 Å². The minimum Gasteiger partial charge on any atom is -0.306 e. The number of fused-ring (bicyclic) bond motifs is 1. The van der Waals surface area contributed by atoms with Crippen molar-refractivity contribution in [1.29, 1.82) is 0 Å². The Labute approximate surface area is 122 Å². The molecule has 0 aliphatic heterocycles. The largest absolute Gasteiger partial charge is 0.306 e. The van der Waals surface area contributed by atoms with Gasteiger partial charge in [-0.15, -0.1) is 5.10 Å². The van der Waals surface area contributed by atoms with Gasteiger partial charge in [0.15, 0.2) is 0 Å². The number of rotatable bonds is 4. The monoisotopic (exact) mass is 284 g/mol. The van der Waals surface area contributed by atoms with Gasteiger partial charge >= 0.3 is 0 Å². The smallest absolute Gasteiger partial charge is 0.0776 e. The van der Waals surface area contributed by atoms with Crippen LogP contribution in [0.4, 0.5) is 0 Å². The van der Waals surface area contributed by atoms with Crippen molar-refractivity contribution in [3.05, 3.63) is 52.7 Å². The first kappa shape index (κ1) is 13.1. The van der Waals surface area contributed by atoms with Crippen LogP contribution >= 0.6 is 11.5 Å². The fourth-order valence-electron chi connectivity index (χ4n) is 2.31. The van der Waals surface area contributed by atoms with Gasteiger partial charge < -0.3 is 5.32 Å². The van der Waals surface area contributed by atoms with Gasteiger partial charge in [-0.2, -0.15) is 0 Å². The van der Waals surface area contributed by atoms with E-state index < -0.39 is 0 Å². The lowest BCUT2D eigenvalue weighted by molar-refractivity contribution is 0.634. The molecule has 0 saturated carbocycles. The summed E-state index contributed by atoms with van der Waals surface area (Å²) >= 11 is 1.45. The van der Waals surface area contributed by atoms with Crippen LogP contribution in [0, 0.1) is 6.92 Å². The molecular weight excluding hydrogens is 268 g/mol. The first-order chi connectivity index (χ1) is 9.79. The zero-order valence-electron chi connectivity index (χ0n) is 11.5. The number of benzene rings is 1. The number of aryl methyl sites for hydroxylation is 1. The molecular formula is C15H16N4S. The van der Waals surface area contributed by atoms with E-state index in [0.717, 1.165) is 33.6 Å². The Balaban J connectivity index is 2.07. The van der Waals surface area contributed by atoms with E-state index in [1.165, 1.54) is 11.5 Å². The van der Waals surface area contributed by atoms with Crippen LogP contribution in [0.5, 0.6) is 0 Å². The van der Waals surface area contributed by atoms with Crippen LogP contribution < -0.4 is 5.32 Å². The molecule has 1 atom stereocenters. The van der Waals surface area contributed by atoms with Crippen molar-refractivity contribution < 1.29 is 0 Å². The van der Waals surface area contributed by atoms with Crippen LogP contribution in [0.25, 0.3) is 10.9 Å². The summed E-state index contributed by atoms with van der Waals surface area (Å²) in [5.74, 6) is 0. The lowest BCUT2D eigenvalue weighted by atomic mass is 10.0. The van der Waals surface area contributed by atoms with Gasteiger partial charge in [0.1, 0.15) is 0 Å². The number of pyridine rings is 1. The Morgan fingerprint density at radius 2 is 2.15 bits per heavy atom. The summed E-state index contributed by atoms with van der Waals surface area (Å²) in [6.45, 7) is 4.98. The van der Waals surface area contributed by atoms with Crippen LogP contribution in [0.3, 0.4) is 0 Å². The minimum absolute atomic E-state index is 0.108. The highest BCUT2D eigenvalue weighted by Gasteiger charge is 2.19. The van der Waals surface area contributed by atoms with Crippen molar-refractivity contribution in [2.75, 3.05) is 6.54 Å². The van der Waals surface area contributed by atoms with E-state index in [4.69, 9.17) is 0 Å².